The highest BCUT2D eigenvalue weighted by atomic mass is 16.3. The first-order valence-electron chi connectivity index (χ1n) is 5.77. The number of phenolic OH excluding ortho intramolecular Hbond substituents is 1. The van der Waals surface area contributed by atoms with Gasteiger partial charge in [-0.25, -0.2) is 0 Å². The highest BCUT2D eigenvalue weighted by Crippen LogP contribution is 2.29. The average Bonchev–Trinajstić information content (AvgIpc) is 2.66. The third kappa shape index (κ3) is 1.78. The SMILES string of the molecule is CCn1cc(CCCN)c2cccc(O)c21. The summed E-state index contributed by atoms with van der Waals surface area (Å²) in [5.41, 5.74) is 7.75. The van der Waals surface area contributed by atoms with Crippen molar-refractivity contribution >= 4 is 10.9 Å². The predicted octanol–water partition coefficient (Wildman–Crippen LogP) is 2.26. The molecule has 0 saturated carbocycles. The van der Waals surface area contributed by atoms with Gasteiger partial charge in [-0.2, -0.15) is 0 Å². The van der Waals surface area contributed by atoms with Crippen LogP contribution in [0.25, 0.3) is 10.9 Å². The number of para-hydroxylation sites is 1. The summed E-state index contributed by atoms with van der Waals surface area (Å²) in [6, 6.07) is 5.69. The normalized spacial score (nSPS) is 11.1. The van der Waals surface area contributed by atoms with Gasteiger partial charge in [0.15, 0.2) is 0 Å². The minimum Gasteiger partial charge on any atom is -0.506 e. The maximum atomic E-state index is 9.88. The molecule has 0 atom stereocenters. The van der Waals surface area contributed by atoms with Crippen molar-refractivity contribution in [2.24, 2.45) is 5.73 Å². The molecule has 3 heteroatoms. The summed E-state index contributed by atoms with van der Waals surface area (Å²) in [4.78, 5) is 0. The molecule has 3 nitrogen and oxygen atoms in total. The van der Waals surface area contributed by atoms with E-state index in [0.29, 0.717) is 12.3 Å². The van der Waals surface area contributed by atoms with Gasteiger partial charge >= 0.3 is 0 Å². The van der Waals surface area contributed by atoms with Crippen LogP contribution in [0.2, 0.25) is 0 Å². The van der Waals surface area contributed by atoms with Gasteiger partial charge in [-0.1, -0.05) is 12.1 Å². The first-order chi connectivity index (χ1) is 7.77. The van der Waals surface area contributed by atoms with Gasteiger partial charge in [0, 0.05) is 18.1 Å². The van der Waals surface area contributed by atoms with Crippen LogP contribution >= 0.6 is 0 Å². The van der Waals surface area contributed by atoms with Crippen LogP contribution in [0.15, 0.2) is 24.4 Å². The van der Waals surface area contributed by atoms with Gasteiger partial charge in [0.2, 0.25) is 0 Å². The highest BCUT2D eigenvalue weighted by molar-refractivity contribution is 5.88. The summed E-state index contributed by atoms with van der Waals surface area (Å²) in [5, 5.41) is 11.0. The standard InChI is InChI=1S/C13H18N2O/c1-2-15-9-10(5-4-8-14)11-6-3-7-12(16)13(11)15/h3,6-7,9,16H,2,4-5,8,14H2,1H3. The van der Waals surface area contributed by atoms with Crippen LogP contribution in [0.1, 0.15) is 18.9 Å². The number of hydrogen-bond donors (Lipinski definition) is 2. The molecule has 16 heavy (non-hydrogen) atoms. The molecule has 0 fully saturated rings. The van der Waals surface area contributed by atoms with Crippen LogP contribution in [0.3, 0.4) is 0 Å². The number of fused-ring (bicyclic) bond motifs is 1. The van der Waals surface area contributed by atoms with Crippen molar-refractivity contribution in [2.45, 2.75) is 26.3 Å². The average molecular weight is 218 g/mol. The Morgan fingerprint density at radius 2 is 2.19 bits per heavy atom. The van der Waals surface area contributed by atoms with Crippen LogP contribution < -0.4 is 5.73 Å². The number of hydrogen-bond acceptors (Lipinski definition) is 2. The maximum Gasteiger partial charge on any atom is 0.139 e. The fraction of sp³-hybridized carbons (Fsp3) is 0.385. The summed E-state index contributed by atoms with van der Waals surface area (Å²) < 4.78 is 2.09. The van der Waals surface area contributed by atoms with E-state index in [9.17, 15) is 5.11 Å². The Hall–Kier alpha value is -1.48. The quantitative estimate of drug-likeness (QED) is 0.827. The first-order valence-corrected chi connectivity index (χ1v) is 5.77. The van der Waals surface area contributed by atoms with Crippen molar-refractivity contribution in [2.75, 3.05) is 6.54 Å². The van der Waals surface area contributed by atoms with Crippen LogP contribution in [-0.4, -0.2) is 16.2 Å². The Balaban J connectivity index is 2.54. The van der Waals surface area contributed by atoms with E-state index in [1.165, 1.54) is 5.56 Å². The zero-order chi connectivity index (χ0) is 11.5. The Bertz CT molecular complexity index is 488. The van der Waals surface area contributed by atoms with E-state index in [1.54, 1.807) is 6.07 Å². The highest BCUT2D eigenvalue weighted by Gasteiger charge is 2.10. The smallest absolute Gasteiger partial charge is 0.139 e. The van der Waals surface area contributed by atoms with Gasteiger partial charge in [-0.3, -0.25) is 0 Å². The molecule has 3 N–H and O–H groups in total. The second-order valence-corrected chi connectivity index (χ2v) is 4.01. The molecule has 0 aliphatic rings. The predicted molar refractivity (Wildman–Crippen MR) is 66.7 cm³/mol. The molecule has 0 radical (unpaired) electrons. The Kier molecular flexibility index (Phi) is 3.15. The minimum atomic E-state index is 0.360. The van der Waals surface area contributed by atoms with E-state index in [2.05, 4.69) is 23.8 Å². The van der Waals surface area contributed by atoms with Crippen molar-refractivity contribution in [3.05, 3.63) is 30.0 Å². The number of nitrogens with zero attached hydrogens (tertiary/aromatic N) is 1. The van der Waals surface area contributed by atoms with Gasteiger partial charge in [-0.15, -0.1) is 0 Å². The summed E-state index contributed by atoms with van der Waals surface area (Å²) in [7, 11) is 0. The number of benzene rings is 1. The van der Waals surface area contributed by atoms with E-state index < -0.39 is 0 Å². The van der Waals surface area contributed by atoms with E-state index >= 15 is 0 Å². The number of aromatic hydroxyl groups is 1. The fourth-order valence-electron chi connectivity index (χ4n) is 2.16. The summed E-state index contributed by atoms with van der Waals surface area (Å²) in [5.74, 6) is 0.360. The Morgan fingerprint density at radius 1 is 1.38 bits per heavy atom. The molecule has 0 saturated heterocycles. The van der Waals surface area contributed by atoms with E-state index in [1.807, 2.05) is 6.07 Å². The third-order valence-corrected chi connectivity index (χ3v) is 2.95. The van der Waals surface area contributed by atoms with Crippen LogP contribution in [0, 0.1) is 0 Å². The number of nitrogens with two attached hydrogens (primary N) is 1. The maximum absolute atomic E-state index is 9.88. The third-order valence-electron chi connectivity index (χ3n) is 2.95. The second-order valence-electron chi connectivity index (χ2n) is 4.01. The molecule has 1 aromatic carbocycles. The van der Waals surface area contributed by atoms with Crippen LogP contribution in [-0.2, 0) is 13.0 Å². The van der Waals surface area contributed by atoms with Gasteiger partial charge in [0.05, 0.1) is 5.52 Å². The molecule has 1 heterocycles. The van der Waals surface area contributed by atoms with Crippen molar-refractivity contribution in [1.29, 1.82) is 0 Å². The van der Waals surface area contributed by atoms with Crippen LogP contribution in [0.4, 0.5) is 0 Å². The first kappa shape index (κ1) is 11.0. The van der Waals surface area contributed by atoms with Crippen molar-refractivity contribution < 1.29 is 5.11 Å². The van der Waals surface area contributed by atoms with Crippen molar-refractivity contribution in [3.8, 4) is 5.75 Å². The van der Waals surface area contributed by atoms with Crippen molar-refractivity contribution in [1.82, 2.24) is 4.57 Å². The van der Waals surface area contributed by atoms with E-state index in [0.717, 1.165) is 30.3 Å². The summed E-state index contributed by atoms with van der Waals surface area (Å²) in [6.45, 7) is 3.66. The van der Waals surface area contributed by atoms with Gasteiger partial charge < -0.3 is 15.4 Å². The summed E-state index contributed by atoms with van der Waals surface area (Å²) in [6.07, 6.45) is 4.09. The molecule has 0 amide bonds. The van der Waals surface area contributed by atoms with Gasteiger partial charge in [0.1, 0.15) is 5.75 Å². The molecular weight excluding hydrogens is 200 g/mol. The number of rotatable bonds is 4. The lowest BCUT2D eigenvalue weighted by Gasteiger charge is -2.01. The second kappa shape index (κ2) is 4.58. The molecule has 0 aliphatic heterocycles. The molecular formula is C13H18N2O. The monoisotopic (exact) mass is 218 g/mol. The minimum absolute atomic E-state index is 0.360. The summed E-state index contributed by atoms with van der Waals surface area (Å²) >= 11 is 0. The van der Waals surface area contributed by atoms with E-state index in [-0.39, 0.29) is 0 Å². The molecule has 2 rings (SSSR count). The number of aryl methyl sites for hydroxylation is 2. The van der Waals surface area contributed by atoms with Gasteiger partial charge in [-0.05, 0) is 37.9 Å². The largest absolute Gasteiger partial charge is 0.506 e. The molecule has 0 bridgehead atoms. The molecule has 0 unspecified atom stereocenters. The van der Waals surface area contributed by atoms with Crippen molar-refractivity contribution in [3.63, 3.8) is 0 Å². The lowest BCUT2D eigenvalue weighted by molar-refractivity contribution is 0.478. The molecule has 2 aromatic rings. The lowest BCUT2D eigenvalue weighted by atomic mass is 10.1. The van der Waals surface area contributed by atoms with Crippen LogP contribution in [0.5, 0.6) is 5.75 Å². The molecule has 0 spiro atoms. The zero-order valence-electron chi connectivity index (χ0n) is 9.61. The van der Waals surface area contributed by atoms with Gasteiger partial charge in [0.25, 0.3) is 0 Å². The molecule has 0 aliphatic carbocycles. The topological polar surface area (TPSA) is 51.2 Å². The van der Waals surface area contributed by atoms with E-state index in [4.69, 9.17) is 5.73 Å². The zero-order valence-corrected chi connectivity index (χ0v) is 9.61. The number of aromatic nitrogens is 1. The lowest BCUT2D eigenvalue weighted by Crippen LogP contribution is -1.99. The Labute approximate surface area is 95.5 Å². The molecule has 86 valence electrons. The number of phenols is 1. The fourth-order valence-corrected chi connectivity index (χ4v) is 2.16. The Morgan fingerprint density at radius 3 is 2.88 bits per heavy atom. The molecule has 1 aromatic heterocycles.